The smallest absolute Gasteiger partial charge is 0.277 e. The zero-order chi connectivity index (χ0) is 23.6. The predicted octanol–water partition coefficient (Wildman–Crippen LogP) is 2.12. The molecule has 1 fully saturated rings. The standard InChI is InChI=1S/C21H30ClF2N5O3/c1-3-5-8-28-11-27(4-2)21(32)17-19(31)18(30)13(10-29(17)28)20(25)26-9-12-6-7-14(23)15(22)16(12)24/h10,12,14-16,31H,3-9,11H2,1-2H3,(H2,25,26). The average Bonchev–Trinajstić information content (AvgIpc) is 2.78. The number of amides is 1. The van der Waals surface area contributed by atoms with E-state index in [1.165, 1.54) is 15.8 Å². The minimum atomic E-state index is -1.57. The third kappa shape index (κ3) is 4.55. The zero-order valence-electron chi connectivity index (χ0n) is 18.3. The van der Waals surface area contributed by atoms with E-state index in [4.69, 9.17) is 17.3 Å². The van der Waals surface area contributed by atoms with Crippen molar-refractivity contribution in [1.29, 1.82) is 0 Å². The highest BCUT2D eigenvalue weighted by Crippen LogP contribution is 2.33. The second kappa shape index (κ2) is 10.1. The number of aliphatic imine (C=N–C) groups is 1. The highest BCUT2D eigenvalue weighted by molar-refractivity contribution is 6.21. The van der Waals surface area contributed by atoms with E-state index >= 15 is 0 Å². The van der Waals surface area contributed by atoms with Gasteiger partial charge >= 0.3 is 0 Å². The molecule has 4 unspecified atom stereocenters. The van der Waals surface area contributed by atoms with E-state index in [1.54, 1.807) is 0 Å². The van der Waals surface area contributed by atoms with E-state index in [1.807, 2.05) is 18.9 Å². The van der Waals surface area contributed by atoms with Crippen molar-refractivity contribution in [3.63, 3.8) is 0 Å². The number of alkyl halides is 3. The molecule has 0 radical (unpaired) electrons. The fourth-order valence-corrected chi connectivity index (χ4v) is 4.41. The van der Waals surface area contributed by atoms with Crippen LogP contribution in [-0.2, 0) is 0 Å². The van der Waals surface area contributed by atoms with Gasteiger partial charge in [0.1, 0.15) is 24.8 Å². The topological polar surface area (TPSA) is 104 Å². The van der Waals surface area contributed by atoms with Gasteiger partial charge in [-0.1, -0.05) is 13.3 Å². The Labute approximate surface area is 190 Å². The number of aromatic hydroxyl groups is 1. The molecule has 8 nitrogen and oxygen atoms in total. The molecule has 1 aromatic rings. The molecular weight excluding hydrogens is 444 g/mol. The van der Waals surface area contributed by atoms with Gasteiger partial charge in [0.25, 0.3) is 5.91 Å². The molecule has 1 amide bonds. The molecule has 0 bridgehead atoms. The Bertz CT molecular complexity index is 941. The Morgan fingerprint density at radius 1 is 1.31 bits per heavy atom. The number of halogens is 3. The predicted molar refractivity (Wildman–Crippen MR) is 120 cm³/mol. The van der Waals surface area contributed by atoms with Crippen LogP contribution in [0.2, 0.25) is 0 Å². The molecule has 3 rings (SSSR count). The molecule has 1 aromatic heterocycles. The summed E-state index contributed by atoms with van der Waals surface area (Å²) < 4.78 is 29.4. The molecule has 32 heavy (non-hydrogen) atoms. The SMILES string of the molecule is CCCCN1CN(CC)C(=O)c2c(O)c(=O)c(C(N)=NCC3CCC(F)C(Cl)C3F)cn21. The second-order valence-corrected chi connectivity index (χ2v) is 8.77. The zero-order valence-corrected chi connectivity index (χ0v) is 19.1. The highest BCUT2D eigenvalue weighted by atomic mass is 35.5. The minimum Gasteiger partial charge on any atom is -0.502 e. The molecule has 11 heteroatoms. The summed E-state index contributed by atoms with van der Waals surface area (Å²) in [5.74, 6) is -1.94. The summed E-state index contributed by atoms with van der Waals surface area (Å²) in [6.07, 6.45) is 0.584. The number of pyridine rings is 1. The van der Waals surface area contributed by atoms with Crippen molar-refractivity contribution in [3.05, 3.63) is 27.7 Å². The maximum atomic E-state index is 14.4. The first-order chi connectivity index (χ1) is 15.2. The van der Waals surface area contributed by atoms with Gasteiger partial charge < -0.3 is 15.7 Å². The third-order valence-electron chi connectivity index (χ3n) is 6.13. The number of nitrogens with zero attached hydrogens (tertiary/aromatic N) is 4. The van der Waals surface area contributed by atoms with Crippen LogP contribution in [0.4, 0.5) is 8.78 Å². The lowest BCUT2D eigenvalue weighted by atomic mass is 9.86. The summed E-state index contributed by atoms with van der Waals surface area (Å²) in [6.45, 7) is 5.11. The van der Waals surface area contributed by atoms with Crippen molar-refractivity contribution >= 4 is 23.3 Å². The summed E-state index contributed by atoms with van der Waals surface area (Å²) in [7, 11) is 0. The van der Waals surface area contributed by atoms with Crippen LogP contribution in [0.5, 0.6) is 5.75 Å². The largest absolute Gasteiger partial charge is 0.502 e. The Kier molecular flexibility index (Phi) is 7.63. The summed E-state index contributed by atoms with van der Waals surface area (Å²) >= 11 is 5.81. The van der Waals surface area contributed by atoms with Gasteiger partial charge in [-0.3, -0.25) is 24.3 Å². The molecule has 0 saturated heterocycles. The number of rotatable bonds is 7. The van der Waals surface area contributed by atoms with Gasteiger partial charge in [-0.2, -0.15) is 0 Å². The van der Waals surface area contributed by atoms with Crippen LogP contribution >= 0.6 is 11.6 Å². The van der Waals surface area contributed by atoms with Crippen molar-refractivity contribution < 1.29 is 18.7 Å². The molecule has 0 aromatic carbocycles. The number of carbonyl (C=O) groups excluding carboxylic acids is 1. The van der Waals surface area contributed by atoms with E-state index < -0.39 is 40.7 Å². The number of carbonyl (C=O) groups is 1. The Morgan fingerprint density at radius 3 is 2.69 bits per heavy atom. The number of amidine groups is 1. The van der Waals surface area contributed by atoms with Gasteiger partial charge in [0.05, 0.1) is 10.9 Å². The van der Waals surface area contributed by atoms with Crippen LogP contribution in [-0.4, -0.2) is 70.4 Å². The maximum Gasteiger partial charge on any atom is 0.277 e. The summed E-state index contributed by atoms with van der Waals surface area (Å²) in [5.41, 5.74) is 5.02. The van der Waals surface area contributed by atoms with Gasteiger partial charge in [0, 0.05) is 31.7 Å². The van der Waals surface area contributed by atoms with Gasteiger partial charge in [-0.05, 0) is 26.2 Å². The summed E-state index contributed by atoms with van der Waals surface area (Å²) in [4.78, 5) is 31.3. The monoisotopic (exact) mass is 473 g/mol. The van der Waals surface area contributed by atoms with Gasteiger partial charge in [-0.25, -0.2) is 8.78 Å². The van der Waals surface area contributed by atoms with Crippen molar-refractivity contribution in [2.24, 2.45) is 16.6 Å². The normalized spacial score (nSPS) is 26.4. The quantitative estimate of drug-likeness (QED) is 0.358. The van der Waals surface area contributed by atoms with E-state index in [0.29, 0.717) is 19.8 Å². The molecule has 4 atom stereocenters. The van der Waals surface area contributed by atoms with Gasteiger partial charge in [-0.15, -0.1) is 11.6 Å². The van der Waals surface area contributed by atoms with Crippen LogP contribution in [0.25, 0.3) is 0 Å². The maximum absolute atomic E-state index is 14.4. The fraction of sp³-hybridized carbons (Fsp3) is 0.667. The minimum absolute atomic E-state index is 0.0625. The molecule has 1 aliphatic carbocycles. The lowest BCUT2D eigenvalue weighted by Crippen LogP contribution is -2.54. The molecule has 2 heterocycles. The Balaban J connectivity index is 1.94. The van der Waals surface area contributed by atoms with E-state index in [0.717, 1.165) is 12.8 Å². The van der Waals surface area contributed by atoms with Crippen LogP contribution in [0, 0.1) is 5.92 Å². The first kappa shape index (κ1) is 24.3. The summed E-state index contributed by atoms with van der Waals surface area (Å²) in [5, 5.41) is 11.2. The first-order valence-corrected chi connectivity index (χ1v) is 11.4. The van der Waals surface area contributed by atoms with Crippen molar-refractivity contribution in [2.45, 2.75) is 57.3 Å². The molecule has 1 aliphatic heterocycles. The lowest BCUT2D eigenvalue weighted by molar-refractivity contribution is 0.0697. The van der Waals surface area contributed by atoms with Crippen molar-refractivity contribution in [2.75, 3.05) is 31.3 Å². The van der Waals surface area contributed by atoms with E-state index in [-0.39, 0.29) is 36.5 Å². The third-order valence-corrected chi connectivity index (χ3v) is 6.64. The van der Waals surface area contributed by atoms with Gasteiger partial charge in [0.2, 0.25) is 5.43 Å². The Morgan fingerprint density at radius 2 is 2.03 bits per heavy atom. The van der Waals surface area contributed by atoms with Crippen LogP contribution in [0.15, 0.2) is 16.0 Å². The number of nitrogens with two attached hydrogens (primary N) is 1. The number of unbranched alkanes of at least 4 members (excludes halogenated alkanes) is 1. The fourth-order valence-electron chi connectivity index (χ4n) is 4.08. The number of hydrogen-bond acceptors (Lipinski definition) is 5. The molecule has 1 saturated carbocycles. The molecule has 178 valence electrons. The molecule has 3 N–H and O–H groups in total. The van der Waals surface area contributed by atoms with Crippen molar-refractivity contribution in [3.8, 4) is 5.75 Å². The molecule has 2 aliphatic rings. The number of aromatic nitrogens is 1. The first-order valence-electron chi connectivity index (χ1n) is 11.0. The number of fused-ring (bicyclic) bond motifs is 1. The second-order valence-electron chi connectivity index (χ2n) is 8.27. The molecular formula is C21H30ClF2N5O3. The number of hydrogen-bond donors (Lipinski definition) is 2. The van der Waals surface area contributed by atoms with E-state index in [2.05, 4.69) is 4.99 Å². The Hall–Kier alpha value is -2.36. The van der Waals surface area contributed by atoms with Crippen molar-refractivity contribution in [1.82, 2.24) is 9.58 Å². The lowest BCUT2D eigenvalue weighted by Gasteiger charge is -2.39. The summed E-state index contributed by atoms with van der Waals surface area (Å²) in [6, 6.07) is 0. The van der Waals surface area contributed by atoms with Gasteiger partial charge in [0.15, 0.2) is 11.4 Å². The highest BCUT2D eigenvalue weighted by Gasteiger charge is 2.39. The van der Waals surface area contributed by atoms with Crippen LogP contribution < -0.4 is 16.2 Å². The van der Waals surface area contributed by atoms with Crippen LogP contribution in [0.1, 0.15) is 55.6 Å². The van der Waals surface area contributed by atoms with Crippen LogP contribution in [0.3, 0.4) is 0 Å². The molecule has 0 spiro atoms. The average molecular weight is 474 g/mol. The van der Waals surface area contributed by atoms with E-state index in [9.17, 15) is 23.5 Å².